The van der Waals surface area contributed by atoms with E-state index in [2.05, 4.69) is 34.6 Å². The Kier molecular flexibility index (Phi) is 6.95. The molecule has 0 heterocycles. The number of benzene rings is 2. The molecule has 2 aromatic carbocycles. The van der Waals surface area contributed by atoms with Crippen molar-refractivity contribution in [2.45, 2.75) is 13.8 Å². The maximum absolute atomic E-state index is 12.8. The van der Waals surface area contributed by atoms with E-state index in [4.69, 9.17) is 0 Å². The summed E-state index contributed by atoms with van der Waals surface area (Å²) in [6, 6.07) is 13.8. The summed E-state index contributed by atoms with van der Waals surface area (Å²) in [7, 11) is 0. The lowest BCUT2D eigenvalue weighted by Crippen LogP contribution is -2.25. The maximum Gasteiger partial charge on any atom is 0.259 e. The third kappa shape index (κ3) is 5.91. The molecule has 2 aromatic rings. The van der Waals surface area contributed by atoms with Crippen LogP contribution in [0.2, 0.25) is 0 Å². The molecule has 0 aliphatic heterocycles. The Balaban J connectivity index is 1.79. The second-order valence-electron chi connectivity index (χ2n) is 5.42. The molecular weight excluding hydrogens is 319 g/mol. The highest BCUT2D eigenvalue weighted by Gasteiger charge is 2.01. The third-order valence-corrected chi connectivity index (χ3v) is 3.72. The predicted octanol–water partition coefficient (Wildman–Crippen LogP) is 3.23. The fraction of sp³-hybridized carbons (Fsp3) is 0.263. The zero-order valence-electron chi connectivity index (χ0n) is 14.5. The molecular formula is C19H23FN4O. The van der Waals surface area contributed by atoms with Gasteiger partial charge in [-0.05, 0) is 55.8 Å². The highest BCUT2D eigenvalue weighted by Crippen LogP contribution is 2.14. The second-order valence-corrected chi connectivity index (χ2v) is 5.42. The standard InChI is InChI=1S/C19H23FN4O/c1-3-24(4-2)18-11-5-15(6-12-18)13-22-23-19(25)14-21-17-9-7-16(20)8-10-17/h5-13,21H,3-4,14H2,1-2H3,(H,23,25). The molecule has 25 heavy (non-hydrogen) atoms. The summed E-state index contributed by atoms with van der Waals surface area (Å²) < 4.78 is 12.8. The van der Waals surface area contributed by atoms with Gasteiger partial charge in [-0.15, -0.1) is 0 Å². The molecule has 2 rings (SSSR count). The Hall–Kier alpha value is -2.89. The molecule has 0 unspecified atom stereocenters. The molecule has 0 spiro atoms. The number of nitrogens with one attached hydrogen (secondary N) is 2. The first-order valence-electron chi connectivity index (χ1n) is 8.28. The van der Waals surface area contributed by atoms with Crippen LogP contribution in [0.1, 0.15) is 19.4 Å². The van der Waals surface area contributed by atoms with E-state index in [1.165, 1.54) is 12.1 Å². The van der Waals surface area contributed by atoms with Crippen molar-refractivity contribution in [3.05, 3.63) is 59.9 Å². The van der Waals surface area contributed by atoms with Gasteiger partial charge in [0, 0.05) is 24.5 Å². The molecule has 2 N–H and O–H groups in total. The smallest absolute Gasteiger partial charge is 0.259 e. The number of rotatable bonds is 8. The van der Waals surface area contributed by atoms with Gasteiger partial charge >= 0.3 is 0 Å². The molecule has 0 radical (unpaired) electrons. The van der Waals surface area contributed by atoms with E-state index in [0.29, 0.717) is 5.69 Å². The average Bonchev–Trinajstić information content (AvgIpc) is 2.63. The number of hydrogen-bond donors (Lipinski definition) is 2. The minimum Gasteiger partial charge on any atom is -0.376 e. The van der Waals surface area contributed by atoms with Crippen molar-refractivity contribution < 1.29 is 9.18 Å². The van der Waals surface area contributed by atoms with Gasteiger partial charge in [-0.2, -0.15) is 5.10 Å². The summed E-state index contributed by atoms with van der Waals surface area (Å²) in [5.74, 6) is -0.591. The molecule has 0 fully saturated rings. The summed E-state index contributed by atoms with van der Waals surface area (Å²) in [6.45, 7) is 6.22. The molecule has 6 heteroatoms. The van der Waals surface area contributed by atoms with Crippen molar-refractivity contribution in [2.24, 2.45) is 5.10 Å². The number of hydrogen-bond acceptors (Lipinski definition) is 4. The van der Waals surface area contributed by atoms with Gasteiger partial charge < -0.3 is 10.2 Å². The van der Waals surface area contributed by atoms with Crippen molar-refractivity contribution >= 4 is 23.5 Å². The molecule has 0 atom stereocenters. The minimum atomic E-state index is -0.313. The van der Waals surface area contributed by atoms with Gasteiger partial charge in [0.2, 0.25) is 0 Å². The Morgan fingerprint density at radius 3 is 2.32 bits per heavy atom. The van der Waals surface area contributed by atoms with Crippen LogP contribution in [-0.4, -0.2) is 31.8 Å². The van der Waals surface area contributed by atoms with Crippen LogP contribution < -0.4 is 15.6 Å². The number of halogens is 1. The zero-order valence-corrected chi connectivity index (χ0v) is 14.5. The van der Waals surface area contributed by atoms with Crippen LogP contribution in [0.3, 0.4) is 0 Å². The van der Waals surface area contributed by atoms with Crippen LogP contribution in [0.15, 0.2) is 53.6 Å². The van der Waals surface area contributed by atoms with Crippen LogP contribution in [0, 0.1) is 5.82 Å². The SMILES string of the molecule is CCN(CC)c1ccc(C=NNC(=O)CNc2ccc(F)cc2)cc1. The summed E-state index contributed by atoms with van der Waals surface area (Å²) in [5, 5.41) is 6.84. The summed E-state index contributed by atoms with van der Waals surface area (Å²) in [4.78, 5) is 14.0. The van der Waals surface area contributed by atoms with Gasteiger partial charge in [-0.25, -0.2) is 9.82 Å². The van der Waals surface area contributed by atoms with Crippen LogP contribution in [0.4, 0.5) is 15.8 Å². The van der Waals surface area contributed by atoms with Crippen LogP contribution in [0.25, 0.3) is 0 Å². The first-order valence-corrected chi connectivity index (χ1v) is 8.28. The Bertz CT molecular complexity index is 694. The van der Waals surface area contributed by atoms with Crippen LogP contribution >= 0.6 is 0 Å². The molecule has 0 saturated heterocycles. The molecule has 0 aliphatic carbocycles. The van der Waals surface area contributed by atoms with E-state index in [1.807, 2.05) is 24.3 Å². The summed E-state index contributed by atoms with van der Waals surface area (Å²) in [6.07, 6.45) is 1.60. The maximum atomic E-state index is 12.8. The lowest BCUT2D eigenvalue weighted by molar-refractivity contribution is -0.119. The second kappa shape index (κ2) is 9.42. The van der Waals surface area contributed by atoms with Gasteiger partial charge in [0.25, 0.3) is 5.91 Å². The van der Waals surface area contributed by atoms with Gasteiger partial charge in [0.05, 0.1) is 12.8 Å². The average molecular weight is 342 g/mol. The number of amides is 1. The van der Waals surface area contributed by atoms with E-state index >= 15 is 0 Å². The summed E-state index contributed by atoms with van der Waals surface area (Å²) >= 11 is 0. The highest BCUT2D eigenvalue weighted by atomic mass is 19.1. The number of anilines is 2. The van der Waals surface area contributed by atoms with Crippen molar-refractivity contribution in [1.29, 1.82) is 0 Å². The van der Waals surface area contributed by atoms with Crippen molar-refractivity contribution in [1.82, 2.24) is 5.43 Å². The molecule has 0 bridgehead atoms. The highest BCUT2D eigenvalue weighted by molar-refractivity contribution is 5.84. The quantitative estimate of drug-likeness (QED) is 0.572. The fourth-order valence-electron chi connectivity index (χ4n) is 2.33. The number of nitrogens with zero attached hydrogens (tertiary/aromatic N) is 2. The van der Waals surface area contributed by atoms with Crippen molar-refractivity contribution in [3.63, 3.8) is 0 Å². The summed E-state index contributed by atoms with van der Waals surface area (Å²) in [5.41, 5.74) is 5.20. The molecule has 132 valence electrons. The van der Waals surface area contributed by atoms with E-state index in [1.54, 1.807) is 18.3 Å². The topological polar surface area (TPSA) is 56.7 Å². The minimum absolute atomic E-state index is 0.0594. The predicted molar refractivity (Wildman–Crippen MR) is 101 cm³/mol. The van der Waals surface area contributed by atoms with E-state index in [0.717, 1.165) is 24.3 Å². The van der Waals surface area contributed by atoms with Gasteiger partial charge in [-0.3, -0.25) is 4.79 Å². The van der Waals surface area contributed by atoms with Gasteiger partial charge in [0.15, 0.2) is 0 Å². The van der Waals surface area contributed by atoms with E-state index in [9.17, 15) is 9.18 Å². The van der Waals surface area contributed by atoms with Gasteiger partial charge in [-0.1, -0.05) is 12.1 Å². The first-order chi connectivity index (χ1) is 12.1. The van der Waals surface area contributed by atoms with Crippen LogP contribution in [0.5, 0.6) is 0 Å². The van der Waals surface area contributed by atoms with Crippen molar-refractivity contribution in [2.75, 3.05) is 29.9 Å². The lowest BCUT2D eigenvalue weighted by atomic mass is 10.2. The first kappa shape index (κ1) is 18.4. The molecule has 1 amide bonds. The van der Waals surface area contributed by atoms with Crippen LogP contribution in [-0.2, 0) is 4.79 Å². The fourth-order valence-corrected chi connectivity index (χ4v) is 2.33. The molecule has 0 saturated carbocycles. The Morgan fingerprint density at radius 2 is 1.72 bits per heavy atom. The Morgan fingerprint density at radius 1 is 1.08 bits per heavy atom. The van der Waals surface area contributed by atoms with E-state index in [-0.39, 0.29) is 18.3 Å². The van der Waals surface area contributed by atoms with Gasteiger partial charge in [0.1, 0.15) is 5.82 Å². The number of carbonyl (C=O) groups is 1. The Labute approximate surface area is 147 Å². The lowest BCUT2D eigenvalue weighted by Gasteiger charge is -2.20. The third-order valence-electron chi connectivity index (χ3n) is 3.72. The van der Waals surface area contributed by atoms with E-state index < -0.39 is 0 Å². The zero-order chi connectivity index (χ0) is 18.1. The molecule has 0 aliphatic rings. The molecule has 0 aromatic heterocycles. The number of carbonyl (C=O) groups excluding carboxylic acids is 1. The monoisotopic (exact) mass is 342 g/mol. The number of hydrazone groups is 1. The normalized spacial score (nSPS) is 10.7. The largest absolute Gasteiger partial charge is 0.376 e. The van der Waals surface area contributed by atoms with Crippen molar-refractivity contribution in [3.8, 4) is 0 Å². The molecule has 5 nitrogen and oxygen atoms in total.